The van der Waals surface area contributed by atoms with Crippen LogP contribution in [0.15, 0.2) is 146 Å². The number of rotatable bonds is 14. The summed E-state index contributed by atoms with van der Waals surface area (Å²) in [4.78, 5) is 26.4. The van der Waals surface area contributed by atoms with Crippen LogP contribution in [0.2, 0.25) is 0 Å². The molecule has 58 heavy (non-hydrogen) atoms. The zero-order valence-electron chi connectivity index (χ0n) is 31.6. The lowest BCUT2D eigenvalue weighted by Crippen LogP contribution is -2.20. The van der Waals surface area contributed by atoms with Crippen LogP contribution in [0.5, 0.6) is 0 Å². The number of unbranched alkanes of at least 4 members (excludes halogenated alkanes) is 2. The number of ether oxygens (including phenoxy) is 2. The van der Waals surface area contributed by atoms with Crippen LogP contribution >= 0.6 is 0 Å². The molecule has 0 bridgehead atoms. The Balaban J connectivity index is 1.14. The Kier molecular flexibility index (Phi) is 13.2. The molecule has 0 N–H and O–H groups in total. The van der Waals surface area contributed by atoms with Gasteiger partial charge in [-0.3, -0.25) is 0 Å². The summed E-state index contributed by atoms with van der Waals surface area (Å²) in [6.45, 7) is 1.91. The number of carbonyl (C=O) groups is 2. The molecule has 0 atom stereocenters. The molecule has 6 rings (SSSR count). The minimum Gasteiger partial charge on any atom is -0.461 e. The highest BCUT2D eigenvalue weighted by Gasteiger charge is 2.31. The van der Waals surface area contributed by atoms with Crippen LogP contribution in [0.25, 0.3) is 33.4 Å². The SMILES string of the molecule is CCCCCc1ccc(-c2ccc(C(COC(=O)c3ccc(-c4ccc(C(F)(F)F)cc4)cc3)COC(=O)c3ccc(-c4ccc(C(F)(F)F)cc4)cc3)cc2)cc1. The second kappa shape index (κ2) is 18.4. The summed E-state index contributed by atoms with van der Waals surface area (Å²) in [6.07, 6.45) is -4.38. The fourth-order valence-electron chi connectivity index (χ4n) is 6.45. The Morgan fingerprint density at radius 3 is 1.14 bits per heavy atom. The van der Waals surface area contributed by atoms with Gasteiger partial charge >= 0.3 is 24.3 Å². The molecule has 0 spiro atoms. The zero-order valence-corrected chi connectivity index (χ0v) is 31.6. The minimum absolute atomic E-state index is 0.134. The number of hydrogen-bond acceptors (Lipinski definition) is 4. The third kappa shape index (κ3) is 10.8. The van der Waals surface area contributed by atoms with Crippen molar-refractivity contribution in [3.8, 4) is 33.4 Å². The lowest BCUT2D eigenvalue weighted by atomic mass is 9.96. The van der Waals surface area contributed by atoms with E-state index in [2.05, 4.69) is 31.2 Å². The lowest BCUT2D eigenvalue weighted by molar-refractivity contribution is -0.138. The number of esters is 2. The predicted octanol–water partition coefficient (Wildman–Crippen LogP) is 13.3. The topological polar surface area (TPSA) is 52.6 Å². The molecule has 0 saturated carbocycles. The number of alkyl halides is 6. The van der Waals surface area contributed by atoms with E-state index in [1.165, 1.54) is 60.5 Å². The average molecular weight is 795 g/mol. The molecule has 298 valence electrons. The molecule has 0 radical (unpaired) electrons. The van der Waals surface area contributed by atoms with Crippen LogP contribution in [0.3, 0.4) is 0 Å². The highest BCUT2D eigenvalue weighted by molar-refractivity contribution is 5.91. The summed E-state index contributed by atoms with van der Waals surface area (Å²) < 4.78 is 89.5. The molecule has 0 aliphatic heterocycles. The van der Waals surface area contributed by atoms with Crippen LogP contribution in [0.4, 0.5) is 26.3 Å². The molecule has 0 unspecified atom stereocenters. The summed E-state index contributed by atoms with van der Waals surface area (Å²) in [7, 11) is 0. The highest BCUT2D eigenvalue weighted by Crippen LogP contribution is 2.33. The molecular weight excluding hydrogens is 755 g/mol. The predicted molar refractivity (Wildman–Crippen MR) is 212 cm³/mol. The number of benzene rings is 6. The molecule has 0 aliphatic rings. The van der Waals surface area contributed by atoms with Crippen molar-refractivity contribution in [2.45, 2.75) is 50.9 Å². The number of hydrogen-bond donors (Lipinski definition) is 0. The molecule has 6 aromatic carbocycles. The van der Waals surface area contributed by atoms with E-state index in [0.717, 1.165) is 60.2 Å². The molecule has 4 nitrogen and oxygen atoms in total. The Morgan fingerprint density at radius 1 is 0.466 bits per heavy atom. The summed E-state index contributed by atoms with van der Waals surface area (Å²) in [6, 6.07) is 38.2. The Morgan fingerprint density at radius 2 is 0.793 bits per heavy atom. The first-order valence-corrected chi connectivity index (χ1v) is 18.9. The second-order valence-electron chi connectivity index (χ2n) is 14.0. The van der Waals surface area contributed by atoms with Gasteiger partial charge in [-0.15, -0.1) is 0 Å². The maximum Gasteiger partial charge on any atom is 0.416 e. The summed E-state index contributed by atoms with van der Waals surface area (Å²) >= 11 is 0. The molecular formula is C48H40F6O4. The van der Waals surface area contributed by atoms with Crippen molar-refractivity contribution >= 4 is 11.9 Å². The quantitative estimate of drug-likeness (QED) is 0.0626. The van der Waals surface area contributed by atoms with E-state index < -0.39 is 41.3 Å². The van der Waals surface area contributed by atoms with Crippen LogP contribution in [-0.4, -0.2) is 25.2 Å². The second-order valence-corrected chi connectivity index (χ2v) is 14.0. The van der Waals surface area contributed by atoms with E-state index in [1.54, 1.807) is 24.3 Å². The van der Waals surface area contributed by atoms with Gasteiger partial charge in [0.2, 0.25) is 0 Å². The Labute approximate surface area is 333 Å². The molecule has 0 aromatic heterocycles. The molecule has 0 saturated heterocycles. The van der Waals surface area contributed by atoms with Gasteiger partial charge in [-0.1, -0.05) is 117 Å². The van der Waals surface area contributed by atoms with Crippen molar-refractivity contribution in [2.75, 3.05) is 13.2 Å². The van der Waals surface area contributed by atoms with Gasteiger partial charge in [0.05, 0.1) is 28.2 Å². The zero-order chi connectivity index (χ0) is 41.3. The highest BCUT2D eigenvalue weighted by atomic mass is 19.4. The molecule has 0 amide bonds. The summed E-state index contributed by atoms with van der Waals surface area (Å²) in [5.74, 6) is -1.82. The molecule has 10 heteroatoms. The average Bonchev–Trinajstić information content (AvgIpc) is 3.23. The maximum atomic E-state index is 13.2. The van der Waals surface area contributed by atoms with Gasteiger partial charge in [0.25, 0.3) is 0 Å². The van der Waals surface area contributed by atoms with Gasteiger partial charge in [0, 0.05) is 0 Å². The van der Waals surface area contributed by atoms with Crippen LogP contribution in [-0.2, 0) is 28.2 Å². The molecule has 0 aliphatic carbocycles. The maximum absolute atomic E-state index is 13.2. The van der Waals surface area contributed by atoms with E-state index in [0.29, 0.717) is 22.3 Å². The largest absolute Gasteiger partial charge is 0.461 e. The fraction of sp³-hybridized carbons (Fsp3) is 0.208. The van der Waals surface area contributed by atoms with Crippen molar-refractivity contribution in [3.63, 3.8) is 0 Å². The third-order valence-corrected chi connectivity index (χ3v) is 9.90. The monoisotopic (exact) mass is 794 g/mol. The fourth-order valence-corrected chi connectivity index (χ4v) is 6.45. The number of carbonyl (C=O) groups excluding carboxylic acids is 2. The van der Waals surface area contributed by atoms with Crippen molar-refractivity contribution in [3.05, 3.63) is 179 Å². The van der Waals surface area contributed by atoms with Gasteiger partial charge in [0.15, 0.2) is 0 Å². The van der Waals surface area contributed by atoms with Gasteiger partial charge in [-0.2, -0.15) is 26.3 Å². The van der Waals surface area contributed by atoms with Gasteiger partial charge in [0.1, 0.15) is 13.2 Å². The normalized spacial score (nSPS) is 11.7. The molecule has 6 aromatic rings. The first-order valence-electron chi connectivity index (χ1n) is 18.9. The smallest absolute Gasteiger partial charge is 0.416 e. The molecule has 0 heterocycles. The number of aryl methyl sites for hydroxylation is 1. The Bertz CT molecular complexity index is 2140. The summed E-state index contributed by atoms with van der Waals surface area (Å²) in [5.41, 5.74) is 5.35. The van der Waals surface area contributed by atoms with E-state index in [1.807, 2.05) is 24.3 Å². The van der Waals surface area contributed by atoms with Crippen LogP contribution in [0, 0.1) is 0 Å². The van der Waals surface area contributed by atoms with Crippen molar-refractivity contribution in [1.29, 1.82) is 0 Å². The summed E-state index contributed by atoms with van der Waals surface area (Å²) in [5, 5.41) is 0. The van der Waals surface area contributed by atoms with E-state index in [4.69, 9.17) is 9.47 Å². The van der Waals surface area contributed by atoms with Gasteiger partial charge in [-0.05, 0) is 106 Å². The van der Waals surface area contributed by atoms with Crippen LogP contribution in [0.1, 0.15) is 75.1 Å². The first-order chi connectivity index (χ1) is 27.8. The minimum atomic E-state index is -4.45. The first kappa shape index (κ1) is 41.5. The Hall–Kier alpha value is -6.16. The standard InChI is InChI=1S/C48H40F6O4/c1-2-3-4-5-32-6-8-33(9-7-32)34-10-12-39(13-11-34)42(30-57-45(55)40-18-14-35(15-19-40)37-22-26-43(27-23-37)47(49,50)51)31-58-46(56)41-20-16-36(17-21-41)38-24-28-44(29-25-38)48(52,53)54/h6-29,42H,2-5,30-31H2,1H3. The van der Waals surface area contributed by atoms with Crippen molar-refractivity contribution in [1.82, 2.24) is 0 Å². The number of halogens is 6. The molecule has 0 fully saturated rings. The van der Waals surface area contributed by atoms with Gasteiger partial charge in [-0.25, -0.2) is 9.59 Å². The van der Waals surface area contributed by atoms with E-state index in [9.17, 15) is 35.9 Å². The van der Waals surface area contributed by atoms with Gasteiger partial charge < -0.3 is 9.47 Å². The van der Waals surface area contributed by atoms with E-state index in [-0.39, 0.29) is 24.3 Å². The third-order valence-electron chi connectivity index (χ3n) is 9.90. The van der Waals surface area contributed by atoms with Crippen molar-refractivity contribution < 1.29 is 45.4 Å². The lowest BCUT2D eigenvalue weighted by Gasteiger charge is -2.18. The van der Waals surface area contributed by atoms with E-state index >= 15 is 0 Å². The van der Waals surface area contributed by atoms with Crippen molar-refractivity contribution in [2.24, 2.45) is 0 Å². The van der Waals surface area contributed by atoms with Crippen LogP contribution < -0.4 is 0 Å².